The van der Waals surface area contributed by atoms with Crippen LogP contribution in [0.3, 0.4) is 0 Å². The van der Waals surface area contributed by atoms with Crippen LogP contribution in [-0.2, 0) is 20.2 Å². The Morgan fingerprint density at radius 2 is 1.94 bits per heavy atom. The number of benzene rings is 1. The maximum atomic E-state index is 13.3. The van der Waals surface area contributed by atoms with Crippen molar-refractivity contribution >= 4 is 32.3 Å². The van der Waals surface area contributed by atoms with E-state index in [0.29, 0.717) is 52.6 Å². The van der Waals surface area contributed by atoms with E-state index in [9.17, 15) is 23.4 Å². The second-order valence-electron chi connectivity index (χ2n) is 9.07. The summed E-state index contributed by atoms with van der Waals surface area (Å²) >= 11 is 1.19. The van der Waals surface area contributed by atoms with Crippen molar-refractivity contribution in [1.82, 2.24) is 19.3 Å². The first kappa shape index (κ1) is 24.6. The van der Waals surface area contributed by atoms with Gasteiger partial charge in [-0.15, -0.1) is 0 Å². The van der Waals surface area contributed by atoms with E-state index in [0.717, 1.165) is 0 Å². The zero-order valence-corrected chi connectivity index (χ0v) is 21.0. The normalized spacial score (nSPS) is 19.4. The van der Waals surface area contributed by atoms with Gasteiger partial charge >= 0.3 is 5.97 Å². The molecule has 10 nitrogen and oxygen atoms in total. The number of aliphatic carboxylic acids is 1. The molecule has 2 heterocycles. The molecule has 1 aliphatic rings. The summed E-state index contributed by atoms with van der Waals surface area (Å²) < 4.78 is 36.2. The molecule has 4 rings (SSSR count). The van der Waals surface area contributed by atoms with Crippen molar-refractivity contribution in [2.75, 3.05) is 7.11 Å². The number of aliphatic hydroxyl groups excluding tert-OH is 1. The fraction of sp³-hybridized carbons (Fsp3) is 0.500. The molecule has 0 radical (unpaired) electrons. The number of methoxy groups -OCH3 is 1. The molecule has 1 saturated carbocycles. The molecule has 0 saturated heterocycles. The number of ether oxygens (including phenoxy) is 1. The number of carboxylic acids is 1. The summed E-state index contributed by atoms with van der Waals surface area (Å²) in [6, 6.07) is 4.58. The fourth-order valence-corrected chi connectivity index (χ4v) is 6.57. The van der Waals surface area contributed by atoms with Crippen molar-refractivity contribution in [1.29, 1.82) is 0 Å². The van der Waals surface area contributed by atoms with Gasteiger partial charge in [-0.25, -0.2) is 22.6 Å². The Balaban J connectivity index is 1.76. The summed E-state index contributed by atoms with van der Waals surface area (Å²) in [6.45, 7) is 4.95. The van der Waals surface area contributed by atoms with E-state index < -0.39 is 21.4 Å². The molecule has 1 aromatic carbocycles. The van der Waals surface area contributed by atoms with Gasteiger partial charge in [-0.2, -0.15) is 5.10 Å². The molecule has 0 unspecified atom stereocenters. The fourth-order valence-electron chi connectivity index (χ4n) is 4.04. The molecule has 2 aromatic heterocycles. The Hall–Kier alpha value is -2.54. The van der Waals surface area contributed by atoms with E-state index >= 15 is 0 Å². The van der Waals surface area contributed by atoms with E-state index in [2.05, 4.69) is 14.8 Å². The van der Waals surface area contributed by atoms with Crippen LogP contribution in [0.5, 0.6) is 5.75 Å². The third-order valence-electron chi connectivity index (χ3n) is 6.19. The molecule has 1 fully saturated rings. The molecular weight excluding hydrogens is 480 g/mol. The molecule has 0 amide bonds. The van der Waals surface area contributed by atoms with Crippen LogP contribution >= 0.6 is 11.3 Å². The molecule has 12 heteroatoms. The van der Waals surface area contributed by atoms with Crippen LogP contribution < -0.4 is 9.46 Å². The summed E-state index contributed by atoms with van der Waals surface area (Å²) in [5.74, 6) is -0.793. The first-order chi connectivity index (χ1) is 15.9. The van der Waals surface area contributed by atoms with Gasteiger partial charge in [-0.05, 0) is 64.7 Å². The summed E-state index contributed by atoms with van der Waals surface area (Å²) in [4.78, 5) is 16.7. The maximum Gasteiger partial charge on any atom is 0.316 e. The second kappa shape index (κ2) is 8.91. The highest BCUT2D eigenvalue weighted by atomic mass is 32.2. The zero-order chi connectivity index (χ0) is 24.8. The number of hydrogen-bond donors (Lipinski definition) is 3. The molecule has 0 spiro atoms. The van der Waals surface area contributed by atoms with Crippen LogP contribution in [0.4, 0.5) is 0 Å². The van der Waals surface area contributed by atoms with Gasteiger partial charge in [0, 0.05) is 11.6 Å². The third-order valence-corrected chi connectivity index (χ3v) is 8.97. The monoisotopic (exact) mass is 508 g/mol. The number of nitrogens with zero attached hydrogens (tertiary/aromatic N) is 3. The minimum atomic E-state index is -3.91. The number of fused-ring (bicyclic) bond motifs is 1. The van der Waals surface area contributed by atoms with Crippen molar-refractivity contribution in [3.8, 4) is 17.0 Å². The first-order valence-electron chi connectivity index (χ1n) is 10.9. The molecule has 3 aromatic rings. The van der Waals surface area contributed by atoms with Crippen LogP contribution in [0.1, 0.15) is 50.2 Å². The summed E-state index contributed by atoms with van der Waals surface area (Å²) in [5.41, 5.74) is 0.595. The van der Waals surface area contributed by atoms with Crippen LogP contribution in [0.2, 0.25) is 0 Å². The number of hydrogen-bond acceptors (Lipinski definition) is 8. The molecule has 34 heavy (non-hydrogen) atoms. The Bertz CT molecular complexity index is 1340. The van der Waals surface area contributed by atoms with Crippen molar-refractivity contribution < 1.29 is 28.2 Å². The molecule has 0 atom stereocenters. The number of aromatic nitrogens is 3. The average Bonchev–Trinajstić information content (AvgIpc) is 3.32. The third kappa shape index (κ3) is 4.42. The number of aryl methyl sites for hydroxylation is 1. The number of rotatable bonds is 7. The van der Waals surface area contributed by atoms with Crippen molar-refractivity contribution in [3.63, 3.8) is 0 Å². The molecule has 1 aliphatic carbocycles. The minimum absolute atomic E-state index is 0.00529. The molecule has 3 N–H and O–H groups in total. The highest BCUT2D eigenvalue weighted by Gasteiger charge is 2.35. The van der Waals surface area contributed by atoms with Crippen LogP contribution in [0, 0.1) is 6.92 Å². The number of imidazole rings is 1. The highest BCUT2D eigenvalue weighted by Crippen LogP contribution is 2.35. The van der Waals surface area contributed by atoms with Gasteiger partial charge in [-0.3, -0.25) is 4.79 Å². The largest absolute Gasteiger partial charge is 0.495 e. The van der Waals surface area contributed by atoms with E-state index in [-0.39, 0.29) is 22.8 Å². The molecule has 0 aliphatic heterocycles. The number of nitrogens with one attached hydrogen (secondary N) is 1. The second-order valence-corrected chi connectivity index (χ2v) is 11.7. The Morgan fingerprint density at radius 3 is 2.56 bits per heavy atom. The SMILES string of the molecule is COc1ccc(-c2c(C)nc3sc(C(C)(C)C(=O)O)nn23)cc1S(=O)(=O)NC1CCC(O)CC1. The van der Waals surface area contributed by atoms with E-state index in [1.165, 1.54) is 24.5 Å². The van der Waals surface area contributed by atoms with E-state index in [4.69, 9.17) is 4.74 Å². The Morgan fingerprint density at radius 1 is 1.26 bits per heavy atom. The molecular formula is C22H28N4O6S2. The van der Waals surface area contributed by atoms with Gasteiger partial charge in [0.05, 0.1) is 24.6 Å². The molecule has 0 bridgehead atoms. The van der Waals surface area contributed by atoms with Gasteiger partial charge in [-0.1, -0.05) is 11.3 Å². The lowest BCUT2D eigenvalue weighted by atomic mass is 9.94. The lowest BCUT2D eigenvalue weighted by molar-refractivity contribution is -0.142. The Labute approximate surface area is 201 Å². The van der Waals surface area contributed by atoms with Crippen molar-refractivity contribution in [2.45, 2.75) is 68.9 Å². The van der Waals surface area contributed by atoms with Crippen molar-refractivity contribution in [3.05, 3.63) is 28.9 Å². The zero-order valence-electron chi connectivity index (χ0n) is 19.4. The number of carboxylic acid groups (broad SMARTS) is 1. The Kier molecular flexibility index (Phi) is 6.44. The predicted octanol–water partition coefficient (Wildman–Crippen LogP) is 2.72. The summed E-state index contributed by atoms with van der Waals surface area (Å²) in [5, 5.41) is 24.2. The lowest BCUT2D eigenvalue weighted by Crippen LogP contribution is -2.38. The topological polar surface area (TPSA) is 143 Å². The summed E-state index contributed by atoms with van der Waals surface area (Å²) in [6.07, 6.45) is 1.84. The van der Waals surface area contributed by atoms with Gasteiger partial charge in [0.2, 0.25) is 15.0 Å². The average molecular weight is 509 g/mol. The van der Waals surface area contributed by atoms with Crippen LogP contribution in [0.15, 0.2) is 23.1 Å². The molecule has 184 valence electrons. The first-order valence-corrected chi connectivity index (χ1v) is 13.2. The van der Waals surface area contributed by atoms with Gasteiger partial charge in [0.1, 0.15) is 21.1 Å². The van der Waals surface area contributed by atoms with Crippen LogP contribution in [-0.4, -0.2) is 58.5 Å². The van der Waals surface area contributed by atoms with Gasteiger partial charge < -0.3 is 14.9 Å². The number of aliphatic hydroxyl groups is 1. The van der Waals surface area contributed by atoms with Crippen LogP contribution in [0.25, 0.3) is 16.2 Å². The lowest BCUT2D eigenvalue weighted by Gasteiger charge is -2.26. The van der Waals surface area contributed by atoms with Gasteiger partial charge in [0.25, 0.3) is 0 Å². The standard InChI is InChI=1S/C22H28N4O6S2/c1-12-18(26-21(23-12)33-19(24-26)22(2,3)20(28)29)13-5-10-16(32-4)17(11-13)34(30,31)25-14-6-8-15(27)9-7-14/h5,10-11,14-15,25,27H,6-9H2,1-4H3,(H,28,29). The summed E-state index contributed by atoms with van der Waals surface area (Å²) in [7, 11) is -2.50. The number of sulfonamides is 1. The maximum absolute atomic E-state index is 13.3. The number of carbonyl (C=O) groups is 1. The van der Waals surface area contributed by atoms with Crippen molar-refractivity contribution in [2.24, 2.45) is 0 Å². The van der Waals surface area contributed by atoms with Gasteiger partial charge in [0.15, 0.2) is 0 Å². The smallest absolute Gasteiger partial charge is 0.316 e. The predicted molar refractivity (Wildman–Crippen MR) is 127 cm³/mol. The highest BCUT2D eigenvalue weighted by molar-refractivity contribution is 7.89. The van der Waals surface area contributed by atoms with E-state index in [1.807, 2.05) is 0 Å². The minimum Gasteiger partial charge on any atom is -0.495 e. The van der Waals surface area contributed by atoms with E-state index in [1.54, 1.807) is 37.4 Å². The quantitative estimate of drug-likeness (QED) is 0.442.